The van der Waals surface area contributed by atoms with E-state index in [1.54, 1.807) is 4.72 Å². The third-order valence-electron chi connectivity index (χ3n) is 2.83. The number of benzene rings is 1. The van der Waals surface area contributed by atoms with Crippen LogP contribution in [0.4, 0.5) is 8.78 Å². The summed E-state index contributed by atoms with van der Waals surface area (Å²) in [7, 11) is -2.76. The van der Waals surface area contributed by atoms with Gasteiger partial charge in [-0.1, -0.05) is 0 Å². The summed E-state index contributed by atoms with van der Waals surface area (Å²) in [6, 6.07) is 3.56. The van der Waals surface area contributed by atoms with Crippen molar-refractivity contribution in [1.29, 1.82) is 0 Å². The molecule has 0 radical (unpaired) electrons. The maximum Gasteiger partial charge on any atom is 0.419 e. The number of aryl methyl sites for hydroxylation is 1. The van der Waals surface area contributed by atoms with E-state index in [0.29, 0.717) is 5.52 Å². The molecule has 0 bridgehead atoms. The quantitative estimate of drug-likeness (QED) is 0.809. The predicted octanol–water partition coefficient (Wildman–Crippen LogP) is 0.0374. The van der Waals surface area contributed by atoms with Crippen molar-refractivity contribution in [1.82, 2.24) is 9.29 Å². The summed E-state index contributed by atoms with van der Waals surface area (Å²) in [5.41, 5.74) is 0.402. The molecule has 0 aliphatic rings. The number of aliphatic hydroxyl groups is 1. The smallest absolute Gasteiger partial charge is 0.408 e. The lowest BCUT2D eigenvalue weighted by atomic mass is 10.3. The molecule has 10 heteroatoms. The van der Waals surface area contributed by atoms with Crippen molar-refractivity contribution in [2.45, 2.75) is 10.8 Å². The first kappa shape index (κ1) is 15.6. The van der Waals surface area contributed by atoms with Crippen LogP contribution >= 0.6 is 0 Å². The van der Waals surface area contributed by atoms with Crippen molar-refractivity contribution < 1.29 is 26.7 Å². The maximum atomic E-state index is 12.9. The second-order valence-electron chi connectivity index (χ2n) is 4.40. The number of nitrogens with one attached hydrogen (secondary N) is 1. The zero-order valence-corrected chi connectivity index (χ0v) is 11.7. The van der Waals surface area contributed by atoms with Gasteiger partial charge in [-0.15, -0.1) is 0 Å². The minimum Gasteiger partial charge on any atom is -0.408 e. The summed E-state index contributed by atoms with van der Waals surface area (Å²) in [5, 5.41) is 8.40. The molecule has 0 aliphatic carbocycles. The number of fused-ring (bicyclic) bond motifs is 1. The van der Waals surface area contributed by atoms with Gasteiger partial charge < -0.3 is 9.52 Å². The monoisotopic (exact) mass is 322 g/mol. The van der Waals surface area contributed by atoms with Crippen molar-refractivity contribution >= 4 is 21.1 Å². The highest BCUT2D eigenvalue weighted by atomic mass is 32.2. The molecule has 0 saturated carbocycles. The van der Waals surface area contributed by atoms with Crippen LogP contribution in [0.2, 0.25) is 0 Å². The normalized spacial score (nSPS) is 13.0. The number of nitrogens with zero attached hydrogens (tertiary/aromatic N) is 1. The summed E-state index contributed by atoms with van der Waals surface area (Å²) < 4.78 is 57.2. The van der Waals surface area contributed by atoms with Gasteiger partial charge in [0.2, 0.25) is 10.0 Å². The third-order valence-corrected chi connectivity index (χ3v) is 4.23. The number of aliphatic hydroxyl groups excluding tert-OH is 1. The molecule has 1 heterocycles. The van der Waals surface area contributed by atoms with E-state index >= 15 is 0 Å². The van der Waals surface area contributed by atoms with E-state index in [-0.39, 0.29) is 10.5 Å². The number of halogens is 2. The van der Waals surface area contributed by atoms with Crippen molar-refractivity contribution in [2.24, 2.45) is 7.05 Å². The molecule has 0 unspecified atom stereocenters. The molecule has 0 saturated heterocycles. The first-order chi connectivity index (χ1) is 9.66. The van der Waals surface area contributed by atoms with E-state index in [1.165, 1.54) is 17.7 Å². The first-order valence-electron chi connectivity index (χ1n) is 5.74. The molecule has 2 rings (SSSR count). The number of oxazole rings is 1. The van der Waals surface area contributed by atoms with E-state index < -0.39 is 34.9 Å². The molecule has 0 fully saturated rings. The summed E-state index contributed by atoms with van der Waals surface area (Å²) in [6.07, 6.45) is 0. The Morgan fingerprint density at radius 3 is 2.71 bits per heavy atom. The molecular formula is C11H12F2N2O5S. The van der Waals surface area contributed by atoms with Crippen LogP contribution in [0.3, 0.4) is 0 Å². The molecule has 1 aromatic carbocycles. The molecule has 0 atom stereocenters. The van der Waals surface area contributed by atoms with E-state index in [0.717, 1.165) is 12.1 Å². The van der Waals surface area contributed by atoms with Crippen LogP contribution in [0.15, 0.2) is 32.3 Å². The number of aromatic nitrogens is 1. The van der Waals surface area contributed by atoms with Crippen LogP contribution in [-0.2, 0) is 17.1 Å². The Kier molecular flexibility index (Phi) is 3.87. The number of hydrogen-bond donors (Lipinski definition) is 2. The largest absolute Gasteiger partial charge is 0.419 e. The average Bonchev–Trinajstić information content (AvgIpc) is 2.72. The van der Waals surface area contributed by atoms with Gasteiger partial charge >= 0.3 is 5.76 Å². The maximum absolute atomic E-state index is 12.9. The average molecular weight is 322 g/mol. The fourth-order valence-electron chi connectivity index (χ4n) is 1.62. The zero-order valence-electron chi connectivity index (χ0n) is 10.8. The summed E-state index contributed by atoms with van der Waals surface area (Å²) in [5.74, 6) is -4.23. The summed E-state index contributed by atoms with van der Waals surface area (Å²) in [6.45, 7) is -2.70. The van der Waals surface area contributed by atoms with E-state index in [2.05, 4.69) is 0 Å². The molecule has 1 aromatic heterocycles. The minimum absolute atomic E-state index is 0.0271. The second-order valence-corrected chi connectivity index (χ2v) is 6.16. The lowest BCUT2D eigenvalue weighted by molar-refractivity contribution is -0.0437. The van der Waals surface area contributed by atoms with Gasteiger partial charge in [-0.25, -0.2) is 26.7 Å². The predicted molar refractivity (Wildman–Crippen MR) is 68.7 cm³/mol. The van der Waals surface area contributed by atoms with E-state index in [1.807, 2.05) is 0 Å². The van der Waals surface area contributed by atoms with Gasteiger partial charge in [0, 0.05) is 13.1 Å². The highest BCUT2D eigenvalue weighted by Crippen LogP contribution is 2.19. The Morgan fingerprint density at radius 2 is 2.10 bits per heavy atom. The Balaban J connectivity index is 2.34. The van der Waals surface area contributed by atoms with Gasteiger partial charge in [0.15, 0.2) is 5.58 Å². The molecule has 116 valence electrons. The SMILES string of the molecule is Cn1c(=O)oc2cc(S(=O)(=O)NCC(F)(F)CO)ccc21. The van der Waals surface area contributed by atoms with Crippen LogP contribution in [0.5, 0.6) is 0 Å². The van der Waals surface area contributed by atoms with Crippen molar-refractivity contribution in [3.63, 3.8) is 0 Å². The molecule has 7 nitrogen and oxygen atoms in total. The van der Waals surface area contributed by atoms with Gasteiger partial charge in [-0.2, -0.15) is 0 Å². The van der Waals surface area contributed by atoms with Crippen LogP contribution in [0, 0.1) is 0 Å². The lowest BCUT2D eigenvalue weighted by Gasteiger charge is -2.14. The fourth-order valence-corrected chi connectivity index (χ4v) is 2.70. The standard InChI is InChI=1S/C11H12F2N2O5S/c1-15-8-3-2-7(4-9(8)20-10(15)17)21(18,19)14-5-11(12,13)6-16/h2-4,14,16H,5-6H2,1H3. The van der Waals surface area contributed by atoms with Crippen LogP contribution < -0.4 is 10.5 Å². The van der Waals surface area contributed by atoms with Gasteiger partial charge in [0.05, 0.1) is 17.0 Å². The topological polar surface area (TPSA) is 102 Å². The van der Waals surface area contributed by atoms with Gasteiger partial charge in [-0.3, -0.25) is 4.57 Å². The molecule has 0 amide bonds. The number of sulfonamides is 1. The van der Waals surface area contributed by atoms with Crippen LogP contribution in [-0.4, -0.2) is 37.2 Å². The molecular weight excluding hydrogens is 310 g/mol. The Morgan fingerprint density at radius 1 is 1.43 bits per heavy atom. The molecule has 2 N–H and O–H groups in total. The molecule has 0 aliphatic heterocycles. The van der Waals surface area contributed by atoms with Crippen molar-refractivity contribution in [3.05, 3.63) is 28.7 Å². The first-order valence-corrected chi connectivity index (χ1v) is 7.22. The zero-order chi connectivity index (χ0) is 15.8. The Bertz CT molecular complexity index is 825. The van der Waals surface area contributed by atoms with Gasteiger partial charge in [0.1, 0.15) is 6.61 Å². The van der Waals surface area contributed by atoms with E-state index in [9.17, 15) is 22.0 Å². The van der Waals surface area contributed by atoms with Gasteiger partial charge in [0.25, 0.3) is 5.92 Å². The second kappa shape index (κ2) is 5.20. The van der Waals surface area contributed by atoms with Crippen molar-refractivity contribution in [3.8, 4) is 0 Å². The molecule has 21 heavy (non-hydrogen) atoms. The molecule has 2 aromatic rings. The minimum atomic E-state index is -4.21. The van der Waals surface area contributed by atoms with Crippen LogP contribution in [0.25, 0.3) is 11.1 Å². The highest BCUT2D eigenvalue weighted by molar-refractivity contribution is 7.89. The number of alkyl halides is 2. The number of rotatable bonds is 5. The van der Waals surface area contributed by atoms with Crippen molar-refractivity contribution in [2.75, 3.05) is 13.2 Å². The Hall–Kier alpha value is -1.78. The van der Waals surface area contributed by atoms with Crippen LogP contribution in [0.1, 0.15) is 0 Å². The highest BCUT2D eigenvalue weighted by Gasteiger charge is 2.30. The van der Waals surface area contributed by atoms with E-state index in [4.69, 9.17) is 9.52 Å². The fraction of sp³-hybridized carbons (Fsp3) is 0.364. The summed E-state index contributed by atoms with van der Waals surface area (Å²) >= 11 is 0. The Labute approximate surface area is 117 Å². The lowest BCUT2D eigenvalue weighted by Crippen LogP contribution is -2.38. The number of hydrogen-bond acceptors (Lipinski definition) is 5. The molecule has 0 spiro atoms. The van der Waals surface area contributed by atoms with Gasteiger partial charge in [-0.05, 0) is 12.1 Å². The summed E-state index contributed by atoms with van der Waals surface area (Å²) in [4.78, 5) is 11.0. The third kappa shape index (κ3) is 3.12.